The van der Waals surface area contributed by atoms with Crippen LogP contribution in [0.4, 0.5) is 0 Å². The van der Waals surface area contributed by atoms with E-state index in [2.05, 4.69) is 34.3 Å². The van der Waals surface area contributed by atoms with Gasteiger partial charge in [-0.3, -0.25) is 9.69 Å². The maximum absolute atomic E-state index is 11.9. The van der Waals surface area contributed by atoms with E-state index >= 15 is 0 Å². The molecule has 2 rings (SSSR count). The zero-order valence-electron chi connectivity index (χ0n) is 10.6. The summed E-state index contributed by atoms with van der Waals surface area (Å²) in [6.07, 6.45) is 6.14. The van der Waals surface area contributed by atoms with Gasteiger partial charge in [-0.15, -0.1) is 6.42 Å². The molecule has 1 aromatic rings. The summed E-state index contributed by atoms with van der Waals surface area (Å²) in [5.74, 6) is 2.43. The van der Waals surface area contributed by atoms with Crippen molar-refractivity contribution in [2.75, 3.05) is 13.1 Å². The van der Waals surface area contributed by atoms with Gasteiger partial charge in [0, 0.05) is 13.1 Å². The highest BCUT2D eigenvalue weighted by Crippen LogP contribution is 2.20. The number of carbonyl (C=O) groups is 1. The van der Waals surface area contributed by atoms with Crippen molar-refractivity contribution in [2.24, 2.45) is 0 Å². The summed E-state index contributed by atoms with van der Waals surface area (Å²) >= 11 is 0. The molecule has 1 N–H and O–H groups in total. The number of nitrogens with zero attached hydrogens (tertiary/aromatic N) is 1. The molecule has 1 aliphatic heterocycles. The van der Waals surface area contributed by atoms with Gasteiger partial charge in [-0.2, -0.15) is 0 Å². The molecule has 1 amide bonds. The lowest BCUT2D eigenvalue weighted by Crippen LogP contribution is -2.47. The lowest BCUT2D eigenvalue weighted by molar-refractivity contribution is -0.125. The van der Waals surface area contributed by atoms with Crippen LogP contribution in [-0.4, -0.2) is 29.9 Å². The third kappa shape index (κ3) is 2.72. The molecule has 3 nitrogen and oxygen atoms in total. The quantitative estimate of drug-likeness (QED) is 0.807. The van der Waals surface area contributed by atoms with E-state index in [-0.39, 0.29) is 11.9 Å². The van der Waals surface area contributed by atoms with Crippen molar-refractivity contribution in [3.05, 3.63) is 35.4 Å². The monoisotopic (exact) mass is 242 g/mol. The van der Waals surface area contributed by atoms with Crippen LogP contribution in [0.25, 0.3) is 0 Å². The van der Waals surface area contributed by atoms with Gasteiger partial charge < -0.3 is 5.32 Å². The van der Waals surface area contributed by atoms with Crippen molar-refractivity contribution in [2.45, 2.75) is 25.9 Å². The third-order valence-corrected chi connectivity index (χ3v) is 3.45. The molecule has 1 atom stereocenters. The van der Waals surface area contributed by atoms with Gasteiger partial charge in [0.1, 0.15) is 0 Å². The smallest absolute Gasteiger partial charge is 0.237 e. The van der Waals surface area contributed by atoms with E-state index in [1.54, 1.807) is 0 Å². The van der Waals surface area contributed by atoms with Crippen LogP contribution in [0.2, 0.25) is 0 Å². The minimum absolute atomic E-state index is 0.00679. The summed E-state index contributed by atoms with van der Waals surface area (Å²) in [5.41, 5.74) is 2.71. The van der Waals surface area contributed by atoms with E-state index in [1.165, 1.54) is 11.1 Å². The number of benzene rings is 1. The van der Waals surface area contributed by atoms with Crippen LogP contribution in [0.3, 0.4) is 0 Å². The summed E-state index contributed by atoms with van der Waals surface area (Å²) in [5, 5.41) is 2.74. The fraction of sp³-hybridized carbons (Fsp3) is 0.400. The van der Waals surface area contributed by atoms with Gasteiger partial charge in [-0.1, -0.05) is 30.2 Å². The van der Waals surface area contributed by atoms with Crippen molar-refractivity contribution in [3.8, 4) is 12.3 Å². The van der Waals surface area contributed by atoms with Gasteiger partial charge >= 0.3 is 0 Å². The maximum atomic E-state index is 11.9. The molecule has 0 fully saturated rings. The van der Waals surface area contributed by atoms with E-state index in [0.717, 1.165) is 19.5 Å². The van der Waals surface area contributed by atoms with Crippen molar-refractivity contribution < 1.29 is 4.79 Å². The third-order valence-electron chi connectivity index (χ3n) is 3.45. The predicted molar refractivity (Wildman–Crippen MR) is 71.9 cm³/mol. The van der Waals surface area contributed by atoms with Crippen LogP contribution in [0.5, 0.6) is 0 Å². The van der Waals surface area contributed by atoms with E-state index in [4.69, 9.17) is 6.42 Å². The molecule has 0 spiro atoms. The van der Waals surface area contributed by atoms with Gasteiger partial charge in [-0.05, 0) is 24.5 Å². The number of hydrogen-bond donors (Lipinski definition) is 1. The lowest BCUT2D eigenvalue weighted by Gasteiger charge is -2.32. The van der Waals surface area contributed by atoms with E-state index in [0.29, 0.717) is 6.54 Å². The Balaban J connectivity index is 2.00. The molecule has 0 radical (unpaired) electrons. The number of fused-ring (bicyclic) bond motifs is 1. The van der Waals surface area contributed by atoms with Crippen LogP contribution in [-0.2, 0) is 17.8 Å². The van der Waals surface area contributed by atoms with E-state index in [9.17, 15) is 4.79 Å². The Morgan fingerprint density at radius 1 is 1.50 bits per heavy atom. The van der Waals surface area contributed by atoms with Crippen molar-refractivity contribution >= 4 is 5.91 Å². The number of amides is 1. The summed E-state index contributed by atoms with van der Waals surface area (Å²) in [6.45, 7) is 3.98. The second-order valence-electron chi connectivity index (χ2n) is 4.59. The van der Waals surface area contributed by atoms with E-state index in [1.807, 2.05) is 13.0 Å². The first-order chi connectivity index (χ1) is 8.72. The minimum atomic E-state index is -0.133. The molecule has 18 heavy (non-hydrogen) atoms. The molecule has 0 aromatic heterocycles. The Bertz CT molecular complexity index is 476. The Hall–Kier alpha value is -1.79. The number of hydrogen-bond acceptors (Lipinski definition) is 2. The first-order valence-electron chi connectivity index (χ1n) is 6.24. The topological polar surface area (TPSA) is 32.3 Å². The molecule has 94 valence electrons. The molecular weight excluding hydrogens is 224 g/mol. The predicted octanol–water partition coefficient (Wildman–Crippen LogP) is 1.18. The highest BCUT2D eigenvalue weighted by molar-refractivity contribution is 5.81. The highest BCUT2D eigenvalue weighted by atomic mass is 16.2. The van der Waals surface area contributed by atoms with Gasteiger partial charge in [0.25, 0.3) is 0 Å². The Kier molecular flexibility index (Phi) is 4.01. The van der Waals surface area contributed by atoms with Crippen LogP contribution >= 0.6 is 0 Å². The first-order valence-corrected chi connectivity index (χ1v) is 6.24. The van der Waals surface area contributed by atoms with Crippen molar-refractivity contribution in [3.63, 3.8) is 0 Å². The number of nitrogens with one attached hydrogen (secondary N) is 1. The fourth-order valence-corrected chi connectivity index (χ4v) is 2.30. The average molecular weight is 242 g/mol. The zero-order chi connectivity index (χ0) is 13.0. The number of carbonyl (C=O) groups excluding carboxylic acids is 1. The molecule has 0 bridgehead atoms. The summed E-state index contributed by atoms with van der Waals surface area (Å²) in [7, 11) is 0. The molecule has 3 heteroatoms. The molecule has 1 aromatic carbocycles. The largest absolute Gasteiger partial charge is 0.344 e. The van der Waals surface area contributed by atoms with Gasteiger partial charge in [0.15, 0.2) is 0 Å². The highest BCUT2D eigenvalue weighted by Gasteiger charge is 2.24. The molecular formula is C15H18N2O. The average Bonchev–Trinajstić information content (AvgIpc) is 2.43. The molecule has 0 aliphatic carbocycles. The second-order valence-corrected chi connectivity index (χ2v) is 4.59. The summed E-state index contributed by atoms with van der Waals surface area (Å²) in [4.78, 5) is 14.1. The zero-order valence-corrected chi connectivity index (χ0v) is 10.6. The molecule has 0 saturated heterocycles. The van der Waals surface area contributed by atoms with Crippen LogP contribution in [0.15, 0.2) is 24.3 Å². The Morgan fingerprint density at radius 2 is 2.22 bits per heavy atom. The molecule has 1 heterocycles. The van der Waals surface area contributed by atoms with Gasteiger partial charge in [-0.25, -0.2) is 0 Å². The number of rotatable bonds is 3. The molecule has 0 saturated carbocycles. The molecule has 1 aliphatic rings. The van der Waals surface area contributed by atoms with E-state index < -0.39 is 0 Å². The van der Waals surface area contributed by atoms with Crippen LogP contribution < -0.4 is 5.32 Å². The fourth-order valence-electron chi connectivity index (χ4n) is 2.30. The van der Waals surface area contributed by atoms with Crippen LogP contribution in [0.1, 0.15) is 18.1 Å². The van der Waals surface area contributed by atoms with Gasteiger partial charge in [0.2, 0.25) is 5.91 Å². The van der Waals surface area contributed by atoms with Crippen molar-refractivity contribution in [1.29, 1.82) is 0 Å². The SMILES string of the molecule is C#CCNC(=O)C(C)N1CCc2ccccc2C1. The Morgan fingerprint density at radius 3 is 2.94 bits per heavy atom. The van der Waals surface area contributed by atoms with Crippen LogP contribution in [0, 0.1) is 12.3 Å². The maximum Gasteiger partial charge on any atom is 0.237 e. The molecule has 1 unspecified atom stereocenters. The summed E-state index contributed by atoms with van der Waals surface area (Å²) < 4.78 is 0. The lowest BCUT2D eigenvalue weighted by atomic mass is 9.99. The first kappa shape index (κ1) is 12.7. The van der Waals surface area contributed by atoms with Crippen molar-refractivity contribution in [1.82, 2.24) is 10.2 Å². The second kappa shape index (κ2) is 5.70. The van der Waals surface area contributed by atoms with Gasteiger partial charge in [0.05, 0.1) is 12.6 Å². The summed E-state index contributed by atoms with van der Waals surface area (Å²) in [6, 6.07) is 8.28. The number of terminal acetylenes is 1. The standard InChI is InChI=1S/C15H18N2O/c1-3-9-16-15(18)12(2)17-10-8-13-6-4-5-7-14(13)11-17/h1,4-7,12H,8-11H2,2H3,(H,16,18). The Labute approximate surface area is 108 Å². The normalized spacial score (nSPS) is 16.4. The minimum Gasteiger partial charge on any atom is -0.344 e.